The summed E-state index contributed by atoms with van der Waals surface area (Å²) in [6.07, 6.45) is 12.4. The van der Waals surface area contributed by atoms with Crippen LogP contribution in [0.2, 0.25) is 0 Å². The number of rotatable bonds is 6. The summed E-state index contributed by atoms with van der Waals surface area (Å²) in [6.45, 7) is 8.14. The van der Waals surface area contributed by atoms with Crippen molar-refractivity contribution in [1.29, 1.82) is 5.41 Å². The van der Waals surface area contributed by atoms with Gasteiger partial charge in [-0.2, -0.15) is 5.10 Å². The summed E-state index contributed by atoms with van der Waals surface area (Å²) < 4.78 is 0. The van der Waals surface area contributed by atoms with Crippen molar-refractivity contribution in [3.63, 3.8) is 0 Å². The average Bonchev–Trinajstić information content (AvgIpc) is 3.05. The highest BCUT2D eigenvalue weighted by molar-refractivity contribution is 6.07. The van der Waals surface area contributed by atoms with Gasteiger partial charge in [0.25, 0.3) is 0 Å². The van der Waals surface area contributed by atoms with E-state index in [1.807, 2.05) is 56.4 Å². The van der Waals surface area contributed by atoms with Crippen LogP contribution in [-0.2, 0) is 4.79 Å². The van der Waals surface area contributed by atoms with E-state index in [1.54, 1.807) is 0 Å². The molecule has 7 heteroatoms. The van der Waals surface area contributed by atoms with E-state index >= 15 is 0 Å². The second-order valence-corrected chi connectivity index (χ2v) is 8.91. The predicted octanol–water partition coefficient (Wildman–Crippen LogP) is 5.26. The number of nitrogens with two attached hydrogens (primary N) is 1. The lowest BCUT2D eigenvalue weighted by Gasteiger charge is -2.26. The van der Waals surface area contributed by atoms with E-state index in [2.05, 4.69) is 34.4 Å². The van der Waals surface area contributed by atoms with Crippen LogP contribution in [-0.4, -0.2) is 33.8 Å². The van der Waals surface area contributed by atoms with E-state index in [1.165, 1.54) is 6.42 Å². The van der Waals surface area contributed by atoms with Crippen LogP contribution in [0.3, 0.4) is 0 Å². The first kappa shape index (κ1) is 25.1. The van der Waals surface area contributed by atoms with Gasteiger partial charge in [-0.3, -0.25) is 15.3 Å². The molecule has 5 N–H and O–H groups in total. The lowest BCUT2D eigenvalue weighted by molar-refractivity contribution is -0.118. The number of H-pyrrole nitrogens is 1. The number of aromatic nitrogens is 2. The maximum Gasteiger partial charge on any atom is 0.247 e. The minimum Gasteiger partial charge on any atom is -0.387 e. The topological polar surface area (TPSA) is 120 Å². The Bertz CT molecular complexity index is 1160. The van der Waals surface area contributed by atoms with Crippen molar-refractivity contribution in [1.82, 2.24) is 15.5 Å². The molecule has 1 heterocycles. The van der Waals surface area contributed by atoms with Crippen molar-refractivity contribution in [3.05, 3.63) is 59.3 Å². The number of benzene rings is 1. The first-order valence-corrected chi connectivity index (χ1v) is 12.2. The van der Waals surface area contributed by atoms with Gasteiger partial charge >= 0.3 is 0 Å². The van der Waals surface area contributed by atoms with Crippen LogP contribution in [0, 0.1) is 11.3 Å². The molecule has 1 fully saturated rings. The number of nitrogens with one attached hydrogen (secondary N) is 3. The Labute approximate surface area is 201 Å². The number of nitrogens with zero attached hydrogens (tertiary/aromatic N) is 2. The van der Waals surface area contributed by atoms with E-state index in [0.717, 1.165) is 40.6 Å². The number of fused-ring (bicyclic) bond motifs is 1. The largest absolute Gasteiger partial charge is 0.387 e. The Balaban J connectivity index is 0.00000158. The van der Waals surface area contributed by atoms with Crippen LogP contribution in [0.4, 0.5) is 0 Å². The Morgan fingerprint density at radius 2 is 2.09 bits per heavy atom. The number of amidine groups is 2. The van der Waals surface area contributed by atoms with Gasteiger partial charge < -0.3 is 11.1 Å². The Morgan fingerprint density at radius 3 is 2.76 bits per heavy atom. The molecule has 0 unspecified atom stereocenters. The van der Waals surface area contributed by atoms with Gasteiger partial charge in [0.05, 0.1) is 11.2 Å². The molecule has 180 valence electrons. The van der Waals surface area contributed by atoms with E-state index < -0.39 is 0 Å². The fraction of sp³-hybridized carbons (Fsp3) is 0.407. The molecule has 0 atom stereocenters. The van der Waals surface area contributed by atoms with Crippen LogP contribution >= 0.6 is 0 Å². The number of aromatic amines is 1. The minimum absolute atomic E-state index is 0.00979. The molecular weight excluding hydrogens is 424 g/mol. The van der Waals surface area contributed by atoms with Gasteiger partial charge in [-0.15, -0.1) is 0 Å². The lowest BCUT2D eigenvalue weighted by atomic mass is 9.92. The second-order valence-electron chi connectivity index (χ2n) is 8.91. The highest BCUT2D eigenvalue weighted by Gasteiger charge is 2.22. The van der Waals surface area contributed by atoms with Crippen LogP contribution in [0.5, 0.6) is 0 Å². The zero-order valence-electron chi connectivity index (χ0n) is 20.6. The molecule has 0 aliphatic heterocycles. The third kappa shape index (κ3) is 6.10. The number of hydrogen-bond acceptors (Lipinski definition) is 3. The number of allylic oxidation sites excluding steroid dienone is 5. The quantitative estimate of drug-likeness (QED) is 0.348. The Hall–Kier alpha value is -3.48. The normalized spacial score (nSPS) is 16.2. The molecule has 2 aliphatic rings. The maximum atomic E-state index is 12.7. The zero-order chi connectivity index (χ0) is 24.7. The van der Waals surface area contributed by atoms with Gasteiger partial charge in [0, 0.05) is 34.6 Å². The summed E-state index contributed by atoms with van der Waals surface area (Å²) in [4.78, 5) is 17.0. The van der Waals surface area contributed by atoms with Crippen molar-refractivity contribution in [3.8, 4) is 0 Å². The summed E-state index contributed by atoms with van der Waals surface area (Å²) in [5.41, 5.74) is 9.85. The third-order valence-corrected chi connectivity index (χ3v) is 5.79. The SMILES string of the molecule is CC.CC(C)CC(N)=NC(=N)c1ccc2[nH]nc(C3=CC=CCC(C(=O)NC4CCC4)=C3)c2c1. The molecule has 0 spiro atoms. The second kappa shape index (κ2) is 11.6. The van der Waals surface area contributed by atoms with Crippen molar-refractivity contribution < 1.29 is 4.79 Å². The number of aliphatic imine (C=N–C) groups is 1. The van der Waals surface area contributed by atoms with E-state index in [0.29, 0.717) is 36.2 Å². The fourth-order valence-corrected chi connectivity index (χ4v) is 3.85. The molecule has 0 saturated heterocycles. The molecule has 0 radical (unpaired) electrons. The number of carbonyl (C=O) groups excluding carboxylic acids is 1. The molecule has 1 aromatic heterocycles. The van der Waals surface area contributed by atoms with E-state index in [9.17, 15) is 4.79 Å². The zero-order valence-corrected chi connectivity index (χ0v) is 20.6. The maximum absolute atomic E-state index is 12.7. The third-order valence-electron chi connectivity index (χ3n) is 5.79. The summed E-state index contributed by atoms with van der Waals surface area (Å²) >= 11 is 0. The molecule has 4 rings (SSSR count). The van der Waals surface area contributed by atoms with E-state index in [4.69, 9.17) is 11.1 Å². The Kier molecular flexibility index (Phi) is 8.57. The highest BCUT2D eigenvalue weighted by atomic mass is 16.1. The smallest absolute Gasteiger partial charge is 0.247 e. The molecule has 0 bridgehead atoms. The first-order chi connectivity index (χ1) is 16.4. The van der Waals surface area contributed by atoms with Gasteiger partial charge in [-0.1, -0.05) is 45.9 Å². The van der Waals surface area contributed by atoms with E-state index in [-0.39, 0.29) is 11.7 Å². The summed E-state index contributed by atoms with van der Waals surface area (Å²) in [7, 11) is 0. The summed E-state index contributed by atoms with van der Waals surface area (Å²) in [6, 6.07) is 5.94. The number of carbonyl (C=O) groups is 1. The van der Waals surface area contributed by atoms with Gasteiger partial charge in [0.2, 0.25) is 5.91 Å². The number of amides is 1. The van der Waals surface area contributed by atoms with Gasteiger partial charge in [0.1, 0.15) is 5.84 Å². The lowest BCUT2D eigenvalue weighted by Crippen LogP contribution is -2.40. The predicted molar refractivity (Wildman–Crippen MR) is 141 cm³/mol. The molecular formula is C27H36N6O. The van der Waals surface area contributed by atoms with Crippen molar-refractivity contribution >= 4 is 34.1 Å². The fourth-order valence-electron chi connectivity index (χ4n) is 3.85. The van der Waals surface area contributed by atoms with Crippen LogP contribution in [0.15, 0.2) is 53.1 Å². The first-order valence-electron chi connectivity index (χ1n) is 12.2. The molecule has 1 aromatic carbocycles. The highest BCUT2D eigenvalue weighted by Crippen LogP contribution is 2.28. The molecule has 34 heavy (non-hydrogen) atoms. The summed E-state index contributed by atoms with van der Waals surface area (Å²) in [5, 5.41) is 19.9. The van der Waals surface area contributed by atoms with Crippen molar-refractivity contribution in [2.75, 3.05) is 0 Å². The van der Waals surface area contributed by atoms with Gasteiger partial charge in [-0.05, 0) is 55.9 Å². The molecule has 1 saturated carbocycles. The monoisotopic (exact) mass is 460 g/mol. The Morgan fingerprint density at radius 1 is 1.32 bits per heavy atom. The minimum atomic E-state index is -0.00979. The van der Waals surface area contributed by atoms with Crippen LogP contribution in [0.25, 0.3) is 16.5 Å². The summed E-state index contributed by atoms with van der Waals surface area (Å²) in [5.74, 6) is 0.957. The number of hydrogen-bond donors (Lipinski definition) is 4. The standard InChI is InChI=1S/C25H30N6O.C2H6/c1-15(2)12-22(26)29-24(27)17-10-11-21-20(14-17)23(31-30-21)16-6-3-4-7-18(13-16)25(32)28-19-8-5-9-19;1-2/h3-4,6,10-11,13-15,19H,5,7-9,12H2,1-2H3,(H,28,32)(H,30,31)(H3,26,27,29);1-2H3. The molecule has 2 aromatic rings. The van der Waals surface area contributed by atoms with Gasteiger partial charge in [-0.25, -0.2) is 4.99 Å². The molecule has 1 amide bonds. The van der Waals surface area contributed by atoms with Crippen molar-refractivity contribution in [2.24, 2.45) is 16.6 Å². The molecule has 7 nitrogen and oxygen atoms in total. The molecule has 2 aliphatic carbocycles. The van der Waals surface area contributed by atoms with Crippen LogP contribution in [0.1, 0.15) is 71.1 Å². The average molecular weight is 461 g/mol. The van der Waals surface area contributed by atoms with Crippen LogP contribution < -0.4 is 11.1 Å². The van der Waals surface area contributed by atoms with Gasteiger partial charge in [0.15, 0.2) is 5.84 Å². The van der Waals surface area contributed by atoms with Crippen molar-refractivity contribution in [2.45, 2.75) is 65.8 Å².